The summed E-state index contributed by atoms with van der Waals surface area (Å²) < 4.78 is 5.22. The number of hydrogen-bond acceptors (Lipinski definition) is 3. The molecule has 25 heavy (non-hydrogen) atoms. The molecule has 0 aromatic heterocycles. The molecule has 1 N–H and O–H groups in total. The Hall–Kier alpha value is -1.88. The minimum absolute atomic E-state index is 0.0300. The number of piperidine rings is 1. The van der Waals surface area contributed by atoms with Gasteiger partial charge in [-0.15, -0.1) is 0 Å². The Morgan fingerprint density at radius 1 is 1.20 bits per heavy atom. The van der Waals surface area contributed by atoms with E-state index in [2.05, 4.69) is 26.1 Å². The molecule has 2 rings (SSSR count). The van der Waals surface area contributed by atoms with E-state index in [1.807, 2.05) is 4.90 Å². The first kappa shape index (κ1) is 19.4. The molecule has 0 bridgehead atoms. The molecule has 0 aliphatic carbocycles. The first-order valence-electron chi connectivity index (χ1n) is 8.96. The monoisotopic (exact) mass is 346 g/mol. The molecule has 1 atom stereocenters. The van der Waals surface area contributed by atoms with Gasteiger partial charge in [0.1, 0.15) is 0 Å². The van der Waals surface area contributed by atoms with Gasteiger partial charge in [0, 0.05) is 37.9 Å². The topological polar surface area (TPSA) is 58.6 Å². The normalized spacial score (nSPS) is 18.1. The minimum Gasteiger partial charge on any atom is -0.384 e. The lowest BCUT2D eigenvalue weighted by Crippen LogP contribution is -2.41. The molecule has 0 spiro atoms. The number of ether oxygens (including phenoxy) is 1. The van der Waals surface area contributed by atoms with E-state index in [0.717, 1.165) is 25.9 Å². The van der Waals surface area contributed by atoms with Crippen LogP contribution in [0.2, 0.25) is 0 Å². The number of hydrogen-bond donors (Lipinski definition) is 1. The molecule has 1 aromatic rings. The molecule has 0 saturated carbocycles. The van der Waals surface area contributed by atoms with Gasteiger partial charge in [0.15, 0.2) is 0 Å². The van der Waals surface area contributed by atoms with Crippen LogP contribution in [0.1, 0.15) is 54.3 Å². The van der Waals surface area contributed by atoms with E-state index in [9.17, 15) is 9.59 Å². The third-order valence-corrected chi connectivity index (χ3v) is 4.38. The summed E-state index contributed by atoms with van der Waals surface area (Å²) in [5.74, 6) is 0.333. The van der Waals surface area contributed by atoms with Gasteiger partial charge in [0.05, 0.1) is 6.61 Å². The molecule has 2 amide bonds. The maximum absolute atomic E-state index is 12.7. The largest absolute Gasteiger partial charge is 0.384 e. The summed E-state index contributed by atoms with van der Waals surface area (Å²) >= 11 is 0. The van der Waals surface area contributed by atoms with Gasteiger partial charge in [0.2, 0.25) is 0 Å². The lowest BCUT2D eigenvalue weighted by atomic mass is 9.97. The smallest absolute Gasteiger partial charge is 0.253 e. The highest BCUT2D eigenvalue weighted by Gasteiger charge is 2.24. The van der Waals surface area contributed by atoms with Gasteiger partial charge in [-0.1, -0.05) is 20.8 Å². The van der Waals surface area contributed by atoms with Gasteiger partial charge in [-0.25, -0.2) is 0 Å². The Morgan fingerprint density at radius 3 is 2.44 bits per heavy atom. The van der Waals surface area contributed by atoms with E-state index >= 15 is 0 Å². The van der Waals surface area contributed by atoms with Gasteiger partial charge in [-0.3, -0.25) is 9.59 Å². The van der Waals surface area contributed by atoms with Crippen molar-refractivity contribution in [1.82, 2.24) is 10.2 Å². The third kappa shape index (κ3) is 5.85. The molecule has 0 unspecified atom stereocenters. The summed E-state index contributed by atoms with van der Waals surface area (Å²) in [6.07, 6.45) is 2.11. The van der Waals surface area contributed by atoms with Crippen molar-refractivity contribution in [3.05, 3.63) is 35.4 Å². The Morgan fingerprint density at radius 2 is 1.84 bits per heavy atom. The van der Waals surface area contributed by atoms with Crippen molar-refractivity contribution in [2.45, 2.75) is 33.6 Å². The van der Waals surface area contributed by atoms with Crippen molar-refractivity contribution in [3.8, 4) is 0 Å². The number of rotatable bonds is 5. The zero-order chi connectivity index (χ0) is 18.4. The van der Waals surface area contributed by atoms with Crippen molar-refractivity contribution in [2.24, 2.45) is 11.3 Å². The maximum atomic E-state index is 12.7. The van der Waals surface area contributed by atoms with Crippen molar-refractivity contribution in [2.75, 3.05) is 33.4 Å². The number of methoxy groups -OCH3 is 1. The van der Waals surface area contributed by atoms with Gasteiger partial charge < -0.3 is 15.0 Å². The number of nitrogens with one attached hydrogen (secondary N) is 1. The molecule has 1 heterocycles. The van der Waals surface area contributed by atoms with Crippen LogP contribution in [0.15, 0.2) is 24.3 Å². The highest BCUT2D eigenvalue weighted by Crippen LogP contribution is 2.19. The average Bonchev–Trinajstić information content (AvgIpc) is 2.59. The second-order valence-electron chi connectivity index (χ2n) is 8.04. The van der Waals surface area contributed by atoms with E-state index in [1.165, 1.54) is 0 Å². The molecule has 0 radical (unpaired) electrons. The first-order chi connectivity index (χ1) is 11.8. The van der Waals surface area contributed by atoms with Crippen LogP contribution in [-0.4, -0.2) is 50.1 Å². The fraction of sp³-hybridized carbons (Fsp3) is 0.600. The van der Waals surface area contributed by atoms with Crippen LogP contribution in [0.3, 0.4) is 0 Å². The molecule has 5 heteroatoms. The average molecular weight is 346 g/mol. The third-order valence-electron chi connectivity index (χ3n) is 4.38. The summed E-state index contributed by atoms with van der Waals surface area (Å²) in [5.41, 5.74) is 1.25. The number of nitrogens with zero attached hydrogens (tertiary/aromatic N) is 1. The Bertz CT molecular complexity index is 588. The van der Waals surface area contributed by atoms with Crippen LogP contribution in [-0.2, 0) is 4.74 Å². The summed E-state index contributed by atoms with van der Waals surface area (Å²) in [4.78, 5) is 26.7. The predicted molar refractivity (Wildman–Crippen MR) is 98.7 cm³/mol. The second kappa shape index (κ2) is 8.48. The first-order valence-corrected chi connectivity index (χ1v) is 8.96. The standard InChI is InChI=1S/C20H30N2O3/c1-20(2,3)14-21-18(23)16-7-9-17(10-8-16)19(24)22-11-5-6-15(12-22)13-25-4/h7-10,15H,5-6,11-14H2,1-4H3,(H,21,23)/t15-/m1/s1. The molecule has 138 valence electrons. The Balaban J connectivity index is 1.96. The lowest BCUT2D eigenvalue weighted by Gasteiger charge is -2.32. The van der Waals surface area contributed by atoms with Crippen molar-refractivity contribution >= 4 is 11.8 Å². The predicted octanol–water partition coefficient (Wildman–Crippen LogP) is 2.96. The highest BCUT2D eigenvalue weighted by atomic mass is 16.5. The zero-order valence-electron chi connectivity index (χ0n) is 15.8. The molecule has 1 aliphatic rings. The quantitative estimate of drug-likeness (QED) is 0.892. The van der Waals surface area contributed by atoms with Gasteiger partial charge in [0.25, 0.3) is 11.8 Å². The number of carbonyl (C=O) groups is 2. The van der Waals surface area contributed by atoms with Crippen LogP contribution in [0.4, 0.5) is 0 Å². The van der Waals surface area contributed by atoms with Crippen LogP contribution >= 0.6 is 0 Å². The van der Waals surface area contributed by atoms with E-state index < -0.39 is 0 Å². The molecule has 1 aliphatic heterocycles. The van der Waals surface area contributed by atoms with Crippen LogP contribution in [0.5, 0.6) is 0 Å². The summed E-state index contributed by atoms with van der Waals surface area (Å²) in [7, 11) is 1.70. The fourth-order valence-electron chi connectivity index (χ4n) is 3.02. The molecule has 5 nitrogen and oxygen atoms in total. The Kier molecular flexibility index (Phi) is 6.59. The number of carbonyl (C=O) groups excluding carboxylic acids is 2. The SMILES string of the molecule is COC[C@@H]1CCCN(C(=O)c2ccc(C(=O)NCC(C)(C)C)cc2)C1. The second-order valence-corrected chi connectivity index (χ2v) is 8.04. The van der Waals surface area contributed by atoms with E-state index in [4.69, 9.17) is 4.74 Å². The van der Waals surface area contributed by atoms with Gasteiger partial charge in [-0.2, -0.15) is 0 Å². The minimum atomic E-state index is -0.105. The lowest BCUT2D eigenvalue weighted by molar-refractivity contribution is 0.0570. The molecular weight excluding hydrogens is 316 g/mol. The number of likely N-dealkylation sites (tertiary alicyclic amines) is 1. The number of benzene rings is 1. The summed E-state index contributed by atoms with van der Waals surface area (Å²) in [5, 5.41) is 2.92. The van der Waals surface area contributed by atoms with Crippen molar-refractivity contribution in [3.63, 3.8) is 0 Å². The van der Waals surface area contributed by atoms with Gasteiger partial charge >= 0.3 is 0 Å². The van der Waals surface area contributed by atoms with E-state index in [-0.39, 0.29) is 17.2 Å². The highest BCUT2D eigenvalue weighted by molar-refractivity contribution is 5.97. The van der Waals surface area contributed by atoms with Crippen LogP contribution in [0, 0.1) is 11.3 Å². The molecular formula is C20H30N2O3. The van der Waals surface area contributed by atoms with Crippen LogP contribution in [0.25, 0.3) is 0 Å². The number of amides is 2. The molecule has 1 fully saturated rings. The summed E-state index contributed by atoms with van der Waals surface area (Å²) in [6.45, 7) is 9.05. The molecule has 1 aromatic carbocycles. The maximum Gasteiger partial charge on any atom is 0.253 e. The summed E-state index contributed by atoms with van der Waals surface area (Å²) in [6, 6.07) is 6.94. The van der Waals surface area contributed by atoms with E-state index in [0.29, 0.717) is 30.2 Å². The zero-order valence-corrected chi connectivity index (χ0v) is 15.8. The fourth-order valence-corrected chi connectivity index (χ4v) is 3.02. The van der Waals surface area contributed by atoms with Crippen molar-refractivity contribution < 1.29 is 14.3 Å². The Labute approximate surface area is 150 Å². The van der Waals surface area contributed by atoms with Crippen LogP contribution < -0.4 is 5.32 Å². The van der Waals surface area contributed by atoms with Gasteiger partial charge in [-0.05, 0) is 48.4 Å². The molecule has 1 saturated heterocycles. The van der Waals surface area contributed by atoms with E-state index in [1.54, 1.807) is 31.4 Å². The van der Waals surface area contributed by atoms with Crippen molar-refractivity contribution in [1.29, 1.82) is 0 Å².